The molecule has 0 aromatic heterocycles. The molecule has 134 valence electrons. The standard InChI is InChI=1S/C19H31N3O2/c1-15-6-5-11-22(13-15)16(2)12-20-19(23)21(3)14-17-7-9-18(24-4)10-8-17/h7-10,15-16H,5-6,11-14H2,1-4H3,(H,20,23). The molecular weight excluding hydrogens is 302 g/mol. The topological polar surface area (TPSA) is 44.8 Å². The molecule has 2 amide bonds. The first-order chi connectivity index (χ1) is 11.5. The van der Waals surface area contributed by atoms with E-state index in [4.69, 9.17) is 4.74 Å². The molecule has 0 saturated carbocycles. The van der Waals surface area contributed by atoms with Crippen LogP contribution in [-0.2, 0) is 6.54 Å². The van der Waals surface area contributed by atoms with Gasteiger partial charge < -0.3 is 15.0 Å². The predicted octanol–water partition coefficient (Wildman–Crippen LogP) is 2.96. The fraction of sp³-hybridized carbons (Fsp3) is 0.632. The van der Waals surface area contributed by atoms with Gasteiger partial charge in [0.15, 0.2) is 0 Å². The summed E-state index contributed by atoms with van der Waals surface area (Å²) in [6.07, 6.45) is 2.58. The lowest BCUT2D eigenvalue weighted by molar-refractivity contribution is 0.135. The Morgan fingerprint density at radius 3 is 2.75 bits per heavy atom. The molecule has 24 heavy (non-hydrogen) atoms. The highest BCUT2D eigenvalue weighted by Gasteiger charge is 2.21. The molecule has 0 radical (unpaired) electrons. The molecule has 5 nitrogen and oxygen atoms in total. The average molecular weight is 333 g/mol. The normalized spacial score (nSPS) is 19.6. The second kappa shape index (κ2) is 8.92. The van der Waals surface area contributed by atoms with E-state index >= 15 is 0 Å². The van der Waals surface area contributed by atoms with Crippen molar-refractivity contribution >= 4 is 6.03 Å². The van der Waals surface area contributed by atoms with Crippen molar-refractivity contribution in [3.8, 4) is 5.75 Å². The Kier molecular flexibility index (Phi) is 6.91. The van der Waals surface area contributed by atoms with Crippen molar-refractivity contribution < 1.29 is 9.53 Å². The minimum Gasteiger partial charge on any atom is -0.497 e. The SMILES string of the molecule is COc1ccc(CN(C)C(=O)NCC(C)N2CCCC(C)C2)cc1. The number of likely N-dealkylation sites (tertiary alicyclic amines) is 1. The van der Waals surface area contributed by atoms with E-state index in [-0.39, 0.29) is 6.03 Å². The van der Waals surface area contributed by atoms with Crippen molar-refractivity contribution in [3.05, 3.63) is 29.8 Å². The summed E-state index contributed by atoms with van der Waals surface area (Å²) in [6.45, 7) is 8.06. The molecule has 1 fully saturated rings. The highest BCUT2D eigenvalue weighted by atomic mass is 16.5. The van der Waals surface area contributed by atoms with Crippen molar-refractivity contribution in [1.29, 1.82) is 0 Å². The first-order valence-electron chi connectivity index (χ1n) is 8.85. The number of nitrogens with zero attached hydrogens (tertiary/aromatic N) is 2. The maximum Gasteiger partial charge on any atom is 0.317 e. The van der Waals surface area contributed by atoms with Crippen LogP contribution in [0.25, 0.3) is 0 Å². The number of ether oxygens (including phenoxy) is 1. The number of carbonyl (C=O) groups excluding carboxylic acids is 1. The molecular formula is C19H31N3O2. The number of piperidine rings is 1. The Hall–Kier alpha value is -1.75. The van der Waals surface area contributed by atoms with Gasteiger partial charge in [-0.3, -0.25) is 4.90 Å². The third-order valence-corrected chi connectivity index (χ3v) is 4.79. The van der Waals surface area contributed by atoms with Gasteiger partial charge >= 0.3 is 6.03 Å². The van der Waals surface area contributed by atoms with Crippen LogP contribution < -0.4 is 10.1 Å². The van der Waals surface area contributed by atoms with E-state index in [2.05, 4.69) is 24.1 Å². The first-order valence-corrected chi connectivity index (χ1v) is 8.85. The largest absolute Gasteiger partial charge is 0.497 e. The number of hydrogen-bond acceptors (Lipinski definition) is 3. The van der Waals surface area contributed by atoms with E-state index in [9.17, 15) is 4.79 Å². The number of urea groups is 1. The second-order valence-corrected chi connectivity index (χ2v) is 6.98. The zero-order chi connectivity index (χ0) is 17.5. The average Bonchev–Trinajstić information content (AvgIpc) is 2.60. The van der Waals surface area contributed by atoms with Gasteiger partial charge in [0.1, 0.15) is 5.75 Å². The summed E-state index contributed by atoms with van der Waals surface area (Å²) >= 11 is 0. The summed E-state index contributed by atoms with van der Waals surface area (Å²) in [5, 5.41) is 3.06. The van der Waals surface area contributed by atoms with Crippen molar-refractivity contribution in [2.24, 2.45) is 5.92 Å². The highest BCUT2D eigenvalue weighted by Crippen LogP contribution is 2.17. The van der Waals surface area contributed by atoms with Crippen LogP contribution in [0.2, 0.25) is 0 Å². The van der Waals surface area contributed by atoms with Gasteiger partial charge in [0.05, 0.1) is 7.11 Å². The summed E-state index contributed by atoms with van der Waals surface area (Å²) in [5.41, 5.74) is 1.09. The van der Waals surface area contributed by atoms with Crippen LogP contribution >= 0.6 is 0 Å². The van der Waals surface area contributed by atoms with Crippen molar-refractivity contribution in [2.75, 3.05) is 33.8 Å². The van der Waals surface area contributed by atoms with Crippen LogP contribution in [0.3, 0.4) is 0 Å². The molecule has 5 heteroatoms. The Labute approximate surface area is 146 Å². The van der Waals surface area contributed by atoms with Crippen molar-refractivity contribution in [3.63, 3.8) is 0 Å². The Bertz CT molecular complexity index is 518. The number of benzene rings is 1. The molecule has 1 saturated heterocycles. The van der Waals surface area contributed by atoms with E-state index in [1.165, 1.54) is 12.8 Å². The molecule has 2 unspecified atom stereocenters. The van der Waals surface area contributed by atoms with E-state index in [1.54, 1.807) is 12.0 Å². The summed E-state index contributed by atoms with van der Waals surface area (Å²) in [6, 6.07) is 8.16. The van der Waals surface area contributed by atoms with Crippen LogP contribution in [0, 0.1) is 5.92 Å². The quantitative estimate of drug-likeness (QED) is 0.870. The zero-order valence-corrected chi connectivity index (χ0v) is 15.4. The minimum atomic E-state index is -0.0253. The van der Waals surface area contributed by atoms with Gasteiger partial charge in [0.25, 0.3) is 0 Å². The highest BCUT2D eigenvalue weighted by molar-refractivity contribution is 5.73. The fourth-order valence-electron chi connectivity index (χ4n) is 3.20. The molecule has 1 aromatic carbocycles. The number of methoxy groups -OCH3 is 1. The Morgan fingerprint density at radius 2 is 2.12 bits per heavy atom. The van der Waals surface area contributed by atoms with Crippen LogP contribution in [0.15, 0.2) is 24.3 Å². The fourth-order valence-corrected chi connectivity index (χ4v) is 3.20. The Balaban J connectivity index is 1.76. The monoisotopic (exact) mass is 333 g/mol. The van der Waals surface area contributed by atoms with Gasteiger partial charge in [-0.05, 0) is 49.9 Å². The molecule has 0 spiro atoms. The van der Waals surface area contributed by atoms with Crippen molar-refractivity contribution in [1.82, 2.24) is 15.1 Å². The molecule has 1 heterocycles. The number of hydrogen-bond donors (Lipinski definition) is 1. The maximum absolute atomic E-state index is 12.3. The number of rotatable bonds is 6. The number of amides is 2. The van der Waals surface area contributed by atoms with E-state index in [0.717, 1.165) is 30.3 Å². The smallest absolute Gasteiger partial charge is 0.317 e. The lowest BCUT2D eigenvalue weighted by atomic mass is 9.99. The molecule has 2 atom stereocenters. The summed E-state index contributed by atoms with van der Waals surface area (Å²) in [4.78, 5) is 16.5. The van der Waals surface area contributed by atoms with Gasteiger partial charge in [0, 0.05) is 32.7 Å². The molecule has 1 N–H and O–H groups in total. The Morgan fingerprint density at radius 1 is 1.42 bits per heavy atom. The van der Waals surface area contributed by atoms with Gasteiger partial charge in [-0.15, -0.1) is 0 Å². The van der Waals surface area contributed by atoms with E-state index in [0.29, 0.717) is 19.1 Å². The van der Waals surface area contributed by atoms with Crippen LogP contribution in [0.1, 0.15) is 32.3 Å². The zero-order valence-electron chi connectivity index (χ0n) is 15.4. The van der Waals surface area contributed by atoms with E-state index in [1.807, 2.05) is 31.3 Å². The van der Waals surface area contributed by atoms with Gasteiger partial charge in [-0.25, -0.2) is 4.79 Å². The molecule has 2 rings (SSSR count). The van der Waals surface area contributed by atoms with Crippen LogP contribution in [-0.4, -0.2) is 55.7 Å². The van der Waals surface area contributed by atoms with Gasteiger partial charge in [-0.2, -0.15) is 0 Å². The molecule has 1 aromatic rings. The summed E-state index contributed by atoms with van der Waals surface area (Å²) in [5.74, 6) is 1.59. The van der Waals surface area contributed by atoms with Crippen molar-refractivity contribution in [2.45, 2.75) is 39.3 Å². The third kappa shape index (κ3) is 5.41. The molecule has 1 aliphatic heterocycles. The first kappa shape index (κ1) is 18.6. The van der Waals surface area contributed by atoms with Crippen LogP contribution in [0.4, 0.5) is 4.79 Å². The van der Waals surface area contributed by atoms with Crippen LogP contribution in [0.5, 0.6) is 5.75 Å². The lowest BCUT2D eigenvalue weighted by Gasteiger charge is -2.35. The number of carbonyl (C=O) groups is 1. The number of nitrogens with one attached hydrogen (secondary N) is 1. The van der Waals surface area contributed by atoms with E-state index < -0.39 is 0 Å². The summed E-state index contributed by atoms with van der Waals surface area (Å²) < 4.78 is 5.15. The summed E-state index contributed by atoms with van der Waals surface area (Å²) in [7, 11) is 3.48. The molecule has 1 aliphatic rings. The third-order valence-electron chi connectivity index (χ3n) is 4.79. The molecule has 0 aliphatic carbocycles. The second-order valence-electron chi connectivity index (χ2n) is 6.98. The predicted molar refractivity (Wildman–Crippen MR) is 97.3 cm³/mol. The molecule has 0 bridgehead atoms. The van der Waals surface area contributed by atoms with Gasteiger partial charge in [0.2, 0.25) is 0 Å². The lowest BCUT2D eigenvalue weighted by Crippen LogP contribution is -2.48. The minimum absolute atomic E-state index is 0.0253. The van der Waals surface area contributed by atoms with Gasteiger partial charge in [-0.1, -0.05) is 19.1 Å². The maximum atomic E-state index is 12.3.